The van der Waals surface area contributed by atoms with Crippen LogP contribution in [-0.4, -0.2) is 12.9 Å². The van der Waals surface area contributed by atoms with Crippen LogP contribution in [0.4, 0.5) is 0 Å². The number of benzene rings is 2. The van der Waals surface area contributed by atoms with E-state index >= 15 is 0 Å². The summed E-state index contributed by atoms with van der Waals surface area (Å²) in [5, 5.41) is 0. The molecule has 0 heterocycles. The second-order valence-corrected chi connectivity index (χ2v) is 6.04. The van der Waals surface area contributed by atoms with Crippen LogP contribution in [-0.2, 0) is 0 Å². The first-order valence-corrected chi connectivity index (χ1v) is 7.55. The summed E-state index contributed by atoms with van der Waals surface area (Å²) in [4.78, 5) is 12.6. The van der Waals surface area contributed by atoms with Gasteiger partial charge in [0.1, 0.15) is 5.75 Å². The van der Waals surface area contributed by atoms with Gasteiger partial charge in [0.15, 0.2) is 5.78 Å². The molecule has 0 saturated heterocycles. The van der Waals surface area contributed by atoms with Gasteiger partial charge in [-0.1, -0.05) is 12.1 Å². The lowest BCUT2D eigenvalue weighted by atomic mass is 10.0. The van der Waals surface area contributed by atoms with Gasteiger partial charge in [-0.15, -0.1) is 0 Å². The van der Waals surface area contributed by atoms with Gasteiger partial charge in [-0.25, -0.2) is 0 Å². The lowest BCUT2D eigenvalue weighted by Gasteiger charge is -2.09. The molecule has 2 rings (SSSR count). The van der Waals surface area contributed by atoms with Crippen LogP contribution in [0.25, 0.3) is 0 Å². The maximum Gasteiger partial charge on any atom is 0.195 e. The number of ether oxygens (including phenoxy) is 1. The van der Waals surface area contributed by atoms with Crippen LogP contribution in [0.1, 0.15) is 21.5 Å². The van der Waals surface area contributed by atoms with E-state index in [-0.39, 0.29) is 5.78 Å². The standard InChI is InChI=1S/C15H12BrIO2/c1-9-4-3-5-12(14(9)17)15(18)11-7-6-10(19-2)8-13(11)16/h3-8H,1-2H3. The summed E-state index contributed by atoms with van der Waals surface area (Å²) in [5.41, 5.74) is 2.48. The number of carbonyl (C=O) groups excluding carboxylic acids is 1. The van der Waals surface area contributed by atoms with Gasteiger partial charge < -0.3 is 4.74 Å². The van der Waals surface area contributed by atoms with Gasteiger partial charge in [0.25, 0.3) is 0 Å². The highest BCUT2D eigenvalue weighted by atomic mass is 127. The number of hydrogen-bond acceptors (Lipinski definition) is 2. The summed E-state index contributed by atoms with van der Waals surface area (Å²) in [6.07, 6.45) is 0. The Balaban J connectivity index is 2.47. The quantitative estimate of drug-likeness (QED) is 0.525. The lowest BCUT2D eigenvalue weighted by Crippen LogP contribution is -2.05. The van der Waals surface area contributed by atoms with Gasteiger partial charge >= 0.3 is 0 Å². The van der Waals surface area contributed by atoms with Crippen molar-refractivity contribution in [2.24, 2.45) is 0 Å². The molecule has 0 N–H and O–H groups in total. The van der Waals surface area contributed by atoms with Crippen molar-refractivity contribution in [2.45, 2.75) is 6.92 Å². The molecular weight excluding hydrogens is 419 g/mol. The summed E-state index contributed by atoms with van der Waals surface area (Å²) in [6.45, 7) is 2.00. The molecule has 0 atom stereocenters. The monoisotopic (exact) mass is 430 g/mol. The molecule has 4 heteroatoms. The van der Waals surface area contributed by atoms with E-state index < -0.39 is 0 Å². The number of hydrogen-bond donors (Lipinski definition) is 0. The van der Waals surface area contributed by atoms with E-state index in [1.54, 1.807) is 25.3 Å². The lowest BCUT2D eigenvalue weighted by molar-refractivity contribution is 0.103. The minimum Gasteiger partial charge on any atom is -0.497 e. The smallest absolute Gasteiger partial charge is 0.195 e. The van der Waals surface area contributed by atoms with Crippen molar-refractivity contribution in [2.75, 3.05) is 7.11 Å². The SMILES string of the molecule is COc1ccc(C(=O)c2cccc(C)c2I)c(Br)c1. The van der Waals surface area contributed by atoms with Crippen LogP contribution < -0.4 is 4.74 Å². The van der Waals surface area contributed by atoms with Crippen molar-refractivity contribution in [3.05, 3.63) is 61.1 Å². The van der Waals surface area contributed by atoms with Crippen molar-refractivity contribution in [3.63, 3.8) is 0 Å². The Kier molecular flexibility index (Phi) is 4.62. The molecule has 98 valence electrons. The van der Waals surface area contributed by atoms with Gasteiger partial charge in [-0.2, -0.15) is 0 Å². The van der Waals surface area contributed by atoms with E-state index in [0.717, 1.165) is 24.9 Å². The van der Waals surface area contributed by atoms with E-state index in [2.05, 4.69) is 38.5 Å². The summed E-state index contributed by atoms with van der Waals surface area (Å²) < 4.78 is 6.87. The van der Waals surface area contributed by atoms with Gasteiger partial charge in [0, 0.05) is 19.2 Å². The molecule has 0 aliphatic carbocycles. The minimum absolute atomic E-state index is 0.0163. The maximum absolute atomic E-state index is 12.6. The Hall–Kier alpha value is -0.880. The Morgan fingerprint density at radius 2 is 1.95 bits per heavy atom. The van der Waals surface area contributed by atoms with Crippen LogP contribution in [0.5, 0.6) is 5.75 Å². The largest absolute Gasteiger partial charge is 0.497 e. The van der Waals surface area contributed by atoms with E-state index in [0.29, 0.717) is 5.56 Å². The van der Waals surface area contributed by atoms with Crippen LogP contribution in [0, 0.1) is 10.5 Å². The number of carbonyl (C=O) groups is 1. The number of methoxy groups -OCH3 is 1. The molecule has 2 aromatic carbocycles. The second-order valence-electron chi connectivity index (χ2n) is 4.11. The Morgan fingerprint density at radius 3 is 2.58 bits per heavy atom. The zero-order valence-electron chi connectivity index (χ0n) is 10.5. The molecule has 0 radical (unpaired) electrons. The first kappa shape index (κ1) is 14.5. The third kappa shape index (κ3) is 3.00. The van der Waals surface area contributed by atoms with Gasteiger partial charge in [0.2, 0.25) is 0 Å². The summed E-state index contributed by atoms with van der Waals surface area (Å²) in [6, 6.07) is 11.1. The second kappa shape index (κ2) is 6.05. The number of aryl methyl sites for hydroxylation is 1. The van der Waals surface area contributed by atoms with E-state index in [9.17, 15) is 4.79 Å². The summed E-state index contributed by atoms with van der Waals surface area (Å²) >= 11 is 5.64. The van der Waals surface area contributed by atoms with E-state index in [1.165, 1.54) is 0 Å². The van der Waals surface area contributed by atoms with Crippen LogP contribution >= 0.6 is 38.5 Å². The molecule has 0 saturated carbocycles. The molecule has 0 spiro atoms. The van der Waals surface area contributed by atoms with E-state index in [1.807, 2.05) is 25.1 Å². The van der Waals surface area contributed by atoms with Crippen molar-refractivity contribution < 1.29 is 9.53 Å². The molecule has 0 aliphatic rings. The zero-order chi connectivity index (χ0) is 14.0. The van der Waals surface area contributed by atoms with Gasteiger partial charge in [0.05, 0.1) is 7.11 Å². The summed E-state index contributed by atoms with van der Waals surface area (Å²) in [5.74, 6) is 0.741. The maximum atomic E-state index is 12.6. The average Bonchev–Trinajstić information content (AvgIpc) is 2.41. The molecule has 19 heavy (non-hydrogen) atoms. The topological polar surface area (TPSA) is 26.3 Å². The Bertz CT molecular complexity index is 638. The Morgan fingerprint density at radius 1 is 1.21 bits per heavy atom. The first-order valence-electron chi connectivity index (χ1n) is 5.68. The molecule has 0 aromatic heterocycles. The van der Waals surface area contributed by atoms with Crippen molar-refractivity contribution in [1.29, 1.82) is 0 Å². The van der Waals surface area contributed by atoms with Crippen LogP contribution in [0.15, 0.2) is 40.9 Å². The fraction of sp³-hybridized carbons (Fsp3) is 0.133. The predicted octanol–water partition coefficient (Wildman–Crippen LogP) is 4.60. The third-order valence-electron chi connectivity index (χ3n) is 2.86. The van der Waals surface area contributed by atoms with Crippen molar-refractivity contribution in [1.82, 2.24) is 0 Å². The highest BCUT2D eigenvalue weighted by Crippen LogP contribution is 2.27. The molecule has 2 nitrogen and oxygen atoms in total. The normalized spacial score (nSPS) is 10.3. The van der Waals surface area contributed by atoms with Crippen LogP contribution in [0.2, 0.25) is 0 Å². The molecule has 0 amide bonds. The fourth-order valence-corrected chi connectivity index (χ4v) is 2.92. The third-order valence-corrected chi connectivity index (χ3v) is 4.95. The summed E-state index contributed by atoms with van der Waals surface area (Å²) in [7, 11) is 1.60. The highest BCUT2D eigenvalue weighted by molar-refractivity contribution is 14.1. The van der Waals surface area contributed by atoms with Crippen molar-refractivity contribution in [3.8, 4) is 5.75 Å². The minimum atomic E-state index is 0.0163. The first-order chi connectivity index (χ1) is 9.04. The van der Waals surface area contributed by atoms with Gasteiger partial charge in [-0.05, 0) is 75.3 Å². The molecule has 2 aromatic rings. The van der Waals surface area contributed by atoms with E-state index in [4.69, 9.17) is 4.74 Å². The number of rotatable bonds is 3. The predicted molar refractivity (Wildman–Crippen MR) is 88.0 cm³/mol. The number of halogens is 2. The van der Waals surface area contributed by atoms with Crippen molar-refractivity contribution >= 4 is 44.3 Å². The average molecular weight is 431 g/mol. The fourth-order valence-electron chi connectivity index (χ4n) is 1.77. The molecule has 0 bridgehead atoms. The highest BCUT2D eigenvalue weighted by Gasteiger charge is 2.16. The van der Waals surface area contributed by atoms with Crippen LogP contribution in [0.3, 0.4) is 0 Å². The molecule has 0 unspecified atom stereocenters. The molecular formula is C15H12BrIO2. The number of ketones is 1. The zero-order valence-corrected chi connectivity index (χ0v) is 14.3. The molecule has 0 aliphatic heterocycles. The molecule has 0 fully saturated rings. The van der Waals surface area contributed by atoms with Gasteiger partial charge in [-0.3, -0.25) is 4.79 Å². The Labute approximate surface area is 134 Å².